The number of aliphatic hydroxyl groups excluding tert-OH is 2. The van der Waals surface area contributed by atoms with E-state index in [0.717, 1.165) is 27.2 Å². The third-order valence-corrected chi connectivity index (χ3v) is 6.53. The van der Waals surface area contributed by atoms with Crippen LogP contribution in [0.2, 0.25) is 5.02 Å². The monoisotopic (exact) mass is 511 g/mol. The first-order valence-electron chi connectivity index (χ1n) is 10.9. The molecule has 3 heterocycles. The van der Waals surface area contributed by atoms with E-state index in [2.05, 4.69) is 25.3 Å². The van der Waals surface area contributed by atoms with Crippen LogP contribution >= 0.6 is 22.9 Å². The summed E-state index contributed by atoms with van der Waals surface area (Å²) in [5, 5.41) is 26.2. The molecule has 0 fully saturated rings. The highest BCUT2D eigenvalue weighted by Gasteiger charge is 2.29. The maximum absolute atomic E-state index is 9.44. The number of anilines is 2. The number of thiazole rings is 1. The average Bonchev–Trinajstić information content (AvgIpc) is 3.53. The Balaban J connectivity index is 1.33. The van der Waals surface area contributed by atoms with Gasteiger partial charge in [0.15, 0.2) is 5.90 Å². The van der Waals surface area contributed by atoms with Crippen LogP contribution in [0, 0.1) is 0 Å². The molecule has 2 aromatic heterocycles. The number of nitrogens with one attached hydrogen (secondary N) is 1. The van der Waals surface area contributed by atoms with Crippen molar-refractivity contribution >= 4 is 51.2 Å². The number of fused-ring (bicyclic) bond motifs is 1. The number of halogens is 1. The molecular weight excluding hydrogens is 490 g/mol. The number of ether oxygens (including phenoxy) is 2. The number of hydrogen-bond acceptors (Lipinski definition) is 10. The third kappa shape index (κ3) is 5.35. The molecule has 2 atom stereocenters. The Kier molecular flexibility index (Phi) is 7.05. The molecular formula is C24H22ClN5O4S. The van der Waals surface area contributed by atoms with Crippen LogP contribution in [0.25, 0.3) is 10.9 Å². The summed E-state index contributed by atoms with van der Waals surface area (Å²) in [6, 6.07) is 10.8. The fraction of sp³-hybridized carbons (Fsp3) is 0.250. The Morgan fingerprint density at radius 3 is 2.74 bits per heavy atom. The van der Waals surface area contributed by atoms with E-state index < -0.39 is 12.1 Å². The Labute approximate surface area is 210 Å². The molecule has 180 valence electrons. The minimum absolute atomic E-state index is 0.175. The lowest BCUT2D eigenvalue weighted by Crippen LogP contribution is -2.29. The van der Waals surface area contributed by atoms with Crippen molar-refractivity contribution in [1.82, 2.24) is 15.0 Å². The van der Waals surface area contributed by atoms with E-state index >= 15 is 0 Å². The van der Waals surface area contributed by atoms with E-state index in [1.807, 2.05) is 29.6 Å². The lowest BCUT2D eigenvalue weighted by Gasteiger charge is -2.13. The van der Waals surface area contributed by atoms with Crippen LogP contribution in [-0.2, 0) is 17.8 Å². The summed E-state index contributed by atoms with van der Waals surface area (Å²) in [6.45, 7) is -0.0164. The normalized spacial score (nSPS) is 17.3. The molecule has 0 aliphatic carbocycles. The van der Waals surface area contributed by atoms with Gasteiger partial charge in [0.1, 0.15) is 41.7 Å². The lowest BCUT2D eigenvalue weighted by molar-refractivity contribution is 0.0858. The van der Waals surface area contributed by atoms with Gasteiger partial charge in [-0.1, -0.05) is 17.7 Å². The van der Waals surface area contributed by atoms with Crippen LogP contribution < -0.4 is 10.1 Å². The minimum Gasteiger partial charge on any atom is -0.485 e. The molecule has 1 aliphatic rings. The molecule has 4 aromatic rings. The molecule has 2 aromatic carbocycles. The molecule has 0 spiro atoms. The van der Waals surface area contributed by atoms with Crippen molar-refractivity contribution in [2.75, 3.05) is 18.5 Å². The summed E-state index contributed by atoms with van der Waals surface area (Å²) in [5.74, 6) is 1.68. The Morgan fingerprint density at radius 2 is 2.00 bits per heavy atom. The molecule has 0 saturated heterocycles. The molecule has 5 rings (SSSR count). The second-order valence-electron chi connectivity index (χ2n) is 7.85. The molecule has 11 heteroatoms. The largest absolute Gasteiger partial charge is 0.485 e. The molecule has 1 aliphatic heterocycles. The van der Waals surface area contributed by atoms with E-state index in [0.29, 0.717) is 35.5 Å². The van der Waals surface area contributed by atoms with Crippen molar-refractivity contribution in [1.29, 1.82) is 0 Å². The van der Waals surface area contributed by atoms with Gasteiger partial charge >= 0.3 is 0 Å². The average molecular weight is 512 g/mol. The van der Waals surface area contributed by atoms with Gasteiger partial charge in [0, 0.05) is 29.1 Å². The van der Waals surface area contributed by atoms with Gasteiger partial charge in [0.25, 0.3) is 0 Å². The van der Waals surface area contributed by atoms with Crippen molar-refractivity contribution in [2.45, 2.75) is 25.2 Å². The highest BCUT2D eigenvalue weighted by Crippen LogP contribution is 2.31. The van der Waals surface area contributed by atoms with Gasteiger partial charge in [-0.25, -0.2) is 19.9 Å². The fourth-order valence-corrected chi connectivity index (χ4v) is 4.50. The predicted octanol–water partition coefficient (Wildman–Crippen LogP) is 3.76. The van der Waals surface area contributed by atoms with Gasteiger partial charge in [-0.3, -0.25) is 0 Å². The minimum atomic E-state index is -0.519. The number of aromatic nitrogens is 3. The van der Waals surface area contributed by atoms with E-state index in [9.17, 15) is 10.2 Å². The second-order valence-corrected chi connectivity index (χ2v) is 9.23. The van der Waals surface area contributed by atoms with Crippen LogP contribution in [0.4, 0.5) is 11.5 Å². The summed E-state index contributed by atoms with van der Waals surface area (Å²) >= 11 is 7.97. The van der Waals surface area contributed by atoms with E-state index in [1.54, 1.807) is 18.3 Å². The van der Waals surface area contributed by atoms with Crippen molar-refractivity contribution in [3.63, 3.8) is 0 Å². The number of aliphatic hydroxyl groups is 2. The quantitative estimate of drug-likeness (QED) is 0.310. The van der Waals surface area contributed by atoms with Gasteiger partial charge in [-0.15, -0.1) is 11.3 Å². The predicted molar refractivity (Wildman–Crippen MR) is 135 cm³/mol. The summed E-state index contributed by atoms with van der Waals surface area (Å²) in [6.07, 6.45) is 3.14. The zero-order valence-electron chi connectivity index (χ0n) is 18.5. The molecule has 0 amide bonds. The van der Waals surface area contributed by atoms with Gasteiger partial charge in [-0.05, 0) is 35.9 Å². The van der Waals surface area contributed by atoms with Crippen LogP contribution in [0.1, 0.15) is 10.6 Å². The van der Waals surface area contributed by atoms with Crippen molar-refractivity contribution < 1.29 is 19.7 Å². The molecule has 9 nitrogen and oxygen atoms in total. The standard InChI is InChI=1S/C24H22ClN5O4S/c25-17-9-15(2-4-20(17)33-12-23-26-5-6-35-23)29-24-16-7-14(1-3-18(16)27-13-28-24)8-22-30-19(10-31)21(11-32)34-22/h1-7,9,13,19,21,31-32H,8,10-12H2,(H,27,28,29). The van der Waals surface area contributed by atoms with E-state index in [4.69, 9.17) is 21.1 Å². The van der Waals surface area contributed by atoms with Crippen LogP contribution in [0.5, 0.6) is 5.75 Å². The second kappa shape index (κ2) is 10.5. The van der Waals surface area contributed by atoms with Gasteiger partial charge in [0.05, 0.1) is 23.8 Å². The van der Waals surface area contributed by atoms with E-state index in [-0.39, 0.29) is 13.2 Å². The Hall–Kier alpha value is -3.31. The number of hydrogen-bond donors (Lipinski definition) is 3. The summed E-state index contributed by atoms with van der Waals surface area (Å²) in [5.41, 5.74) is 2.46. The first kappa shape index (κ1) is 23.4. The van der Waals surface area contributed by atoms with Crippen molar-refractivity contribution in [3.8, 4) is 5.75 Å². The molecule has 3 N–H and O–H groups in total. The van der Waals surface area contributed by atoms with Crippen LogP contribution in [0.15, 0.2) is 59.3 Å². The molecule has 2 unspecified atom stereocenters. The number of benzene rings is 2. The molecule has 0 radical (unpaired) electrons. The summed E-state index contributed by atoms with van der Waals surface area (Å²) in [4.78, 5) is 17.4. The topological polar surface area (TPSA) is 122 Å². The van der Waals surface area contributed by atoms with Gasteiger partial charge < -0.3 is 25.0 Å². The van der Waals surface area contributed by atoms with Crippen molar-refractivity contribution in [3.05, 3.63) is 69.9 Å². The maximum atomic E-state index is 9.44. The Bertz CT molecular complexity index is 1350. The molecule has 0 saturated carbocycles. The smallest absolute Gasteiger partial charge is 0.188 e. The first-order chi connectivity index (χ1) is 17.1. The SMILES string of the molecule is OCC1N=C(Cc2ccc3ncnc(Nc4ccc(OCc5nccs5)c(Cl)c4)c3c2)OC1CO. The summed E-state index contributed by atoms with van der Waals surface area (Å²) in [7, 11) is 0. The zero-order valence-corrected chi connectivity index (χ0v) is 20.0. The van der Waals surface area contributed by atoms with Gasteiger partial charge in [-0.2, -0.15) is 0 Å². The van der Waals surface area contributed by atoms with Crippen LogP contribution in [-0.4, -0.2) is 56.4 Å². The number of rotatable bonds is 9. The highest BCUT2D eigenvalue weighted by atomic mass is 35.5. The first-order valence-corrected chi connectivity index (χ1v) is 12.1. The maximum Gasteiger partial charge on any atom is 0.188 e. The van der Waals surface area contributed by atoms with Crippen molar-refractivity contribution in [2.24, 2.45) is 4.99 Å². The zero-order chi connectivity index (χ0) is 24.2. The Morgan fingerprint density at radius 1 is 1.09 bits per heavy atom. The van der Waals surface area contributed by atoms with Gasteiger partial charge in [0.2, 0.25) is 0 Å². The molecule has 35 heavy (non-hydrogen) atoms. The fourth-order valence-electron chi connectivity index (χ4n) is 3.74. The lowest BCUT2D eigenvalue weighted by atomic mass is 10.1. The number of nitrogens with zero attached hydrogens (tertiary/aromatic N) is 4. The molecule has 0 bridgehead atoms. The number of aliphatic imine (C=N–C) groups is 1. The van der Waals surface area contributed by atoms with E-state index in [1.165, 1.54) is 17.7 Å². The van der Waals surface area contributed by atoms with Crippen LogP contribution in [0.3, 0.4) is 0 Å². The highest BCUT2D eigenvalue weighted by molar-refractivity contribution is 7.09. The third-order valence-electron chi connectivity index (χ3n) is 5.48. The summed E-state index contributed by atoms with van der Waals surface area (Å²) < 4.78 is 11.5.